The normalized spacial score (nSPS) is 19.5. The van der Waals surface area contributed by atoms with Gasteiger partial charge >= 0.3 is 0 Å². The first kappa shape index (κ1) is 27.3. The molecule has 1 aliphatic rings. The molecule has 10 heteroatoms. The second-order valence-corrected chi connectivity index (χ2v) is 11.8. The van der Waals surface area contributed by atoms with E-state index in [1.54, 1.807) is 55.3 Å². The van der Waals surface area contributed by atoms with Crippen LogP contribution in [0.15, 0.2) is 46.8 Å². The van der Waals surface area contributed by atoms with Gasteiger partial charge in [-0.05, 0) is 63.1 Å². The van der Waals surface area contributed by atoms with Crippen LogP contribution in [-0.4, -0.2) is 67.8 Å². The van der Waals surface area contributed by atoms with Gasteiger partial charge in [-0.2, -0.15) is 5.10 Å². The number of aliphatic hydroxyl groups is 2. The number of anilines is 1. The number of aryl methyl sites for hydroxylation is 1. The Bertz CT molecular complexity index is 1110. The number of nitrogens with one attached hydrogen (secondary N) is 2. The van der Waals surface area contributed by atoms with Crippen LogP contribution in [0.25, 0.3) is 4.91 Å². The van der Waals surface area contributed by atoms with Crippen molar-refractivity contribution in [2.24, 2.45) is 9.98 Å². The van der Waals surface area contributed by atoms with Gasteiger partial charge in [0.05, 0.1) is 24.1 Å². The molecule has 8 nitrogen and oxygen atoms in total. The molecule has 1 unspecified atom stereocenters. The summed E-state index contributed by atoms with van der Waals surface area (Å²) in [6.07, 6.45) is 6.42. The number of rotatable bonds is 9. The molecule has 3 rings (SSSR count). The summed E-state index contributed by atoms with van der Waals surface area (Å²) in [6.45, 7) is 7.87. The van der Waals surface area contributed by atoms with E-state index in [1.807, 2.05) is 26.4 Å². The first-order valence-electron chi connectivity index (χ1n) is 11.5. The lowest BCUT2D eigenvalue weighted by Gasteiger charge is -2.35. The molecule has 1 aromatic heterocycles. The van der Waals surface area contributed by atoms with E-state index in [0.29, 0.717) is 18.3 Å². The van der Waals surface area contributed by atoms with Gasteiger partial charge in [-0.25, -0.2) is 4.99 Å². The molecule has 1 aliphatic heterocycles. The lowest BCUT2D eigenvalue weighted by molar-refractivity contribution is 0.0577. The zero-order chi connectivity index (χ0) is 25.6. The summed E-state index contributed by atoms with van der Waals surface area (Å²) in [7, 11) is 3.58. The Labute approximate surface area is 216 Å². The third kappa shape index (κ3) is 8.13. The number of nitrogens with zero attached hydrogens (tertiary/aromatic N) is 4. The van der Waals surface area contributed by atoms with Gasteiger partial charge in [0.1, 0.15) is 4.93 Å². The lowest BCUT2D eigenvalue weighted by Crippen LogP contribution is -2.36. The predicted molar refractivity (Wildman–Crippen MR) is 150 cm³/mol. The van der Waals surface area contributed by atoms with Crippen molar-refractivity contribution in [3.8, 4) is 0 Å². The molecule has 0 amide bonds. The van der Waals surface area contributed by atoms with Crippen LogP contribution >= 0.6 is 23.5 Å². The molecule has 1 fully saturated rings. The first-order chi connectivity index (χ1) is 16.5. The fraction of sp³-hybridized carbons (Fsp3) is 0.480. The topological polar surface area (TPSA) is 107 Å². The van der Waals surface area contributed by atoms with Crippen LogP contribution in [0.4, 0.5) is 5.69 Å². The lowest BCUT2D eigenvalue weighted by atomic mass is 10.1. The van der Waals surface area contributed by atoms with Gasteiger partial charge in [0, 0.05) is 48.4 Å². The van der Waals surface area contributed by atoms with Crippen LogP contribution in [0.5, 0.6) is 0 Å². The van der Waals surface area contributed by atoms with Gasteiger partial charge in [0.15, 0.2) is 0 Å². The molecule has 1 aromatic carbocycles. The number of guanidine groups is 1. The Kier molecular flexibility index (Phi) is 9.09. The molecule has 35 heavy (non-hydrogen) atoms. The van der Waals surface area contributed by atoms with E-state index in [-0.39, 0.29) is 0 Å². The highest BCUT2D eigenvalue weighted by Crippen LogP contribution is 2.43. The van der Waals surface area contributed by atoms with E-state index in [4.69, 9.17) is 0 Å². The van der Waals surface area contributed by atoms with E-state index in [2.05, 4.69) is 50.8 Å². The largest absolute Gasteiger partial charge is 0.393 e. The molecule has 0 radical (unpaired) electrons. The van der Waals surface area contributed by atoms with Crippen LogP contribution in [0.2, 0.25) is 0 Å². The fourth-order valence-electron chi connectivity index (χ4n) is 3.50. The summed E-state index contributed by atoms with van der Waals surface area (Å²) >= 11 is 3.27. The van der Waals surface area contributed by atoms with Gasteiger partial charge in [-0.15, -0.1) is 23.5 Å². The minimum atomic E-state index is -0.845. The quantitative estimate of drug-likeness (QED) is 0.295. The summed E-state index contributed by atoms with van der Waals surface area (Å²) in [5.74, 6) is 2.15. The van der Waals surface area contributed by atoms with Crippen LogP contribution in [-0.2, 0) is 6.54 Å². The van der Waals surface area contributed by atoms with E-state index < -0.39 is 10.5 Å². The number of benzene rings is 1. The molecule has 0 aliphatic carbocycles. The van der Waals surface area contributed by atoms with Gasteiger partial charge in [-0.3, -0.25) is 9.67 Å². The van der Waals surface area contributed by atoms with Crippen LogP contribution < -0.4 is 10.6 Å². The maximum Gasteiger partial charge on any atom is 0.222 e. The average molecular weight is 517 g/mol. The summed E-state index contributed by atoms with van der Waals surface area (Å²) < 4.78 is 1.71. The number of hydrogen-bond acceptors (Lipinski definition) is 7. The first-order valence-corrected chi connectivity index (χ1v) is 13.5. The van der Waals surface area contributed by atoms with Crippen molar-refractivity contribution in [2.75, 3.05) is 30.9 Å². The van der Waals surface area contributed by atoms with Crippen molar-refractivity contribution in [3.63, 3.8) is 0 Å². The van der Waals surface area contributed by atoms with Crippen molar-refractivity contribution >= 4 is 45.8 Å². The zero-order valence-electron chi connectivity index (χ0n) is 21.3. The molecule has 0 saturated carbocycles. The van der Waals surface area contributed by atoms with Gasteiger partial charge in [-0.1, -0.05) is 6.07 Å². The average Bonchev–Trinajstić information content (AvgIpc) is 3.21. The Morgan fingerprint density at radius 1 is 1.34 bits per heavy atom. The third-order valence-electron chi connectivity index (χ3n) is 5.30. The second-order valence-electron chi connectivity index (χ2n) is 9.33. The van der Waals surface area contributed by atoms with Gasteiger partial charge in [0.25, 0.3) is 0 Å². The number of aliphatic imine (C=N–C) groups is 2. The summed E-state index contributed by atoms with van der Waals surface area (Å²) in [5.41, 5.74) is 3.84. The van der Waals surface area contributed by atoms with Gasteiger partial charge < -0.3 is 20.8 Å². The smallest absolute Gasteiger partial charge is 0.222 e. The molecule has 0 bridgehead atoms. The van der Waals surface area contributed by atoms with E-state index >= 15 is 0 Å². The van der Waals surface area contributed by atoms with Crippen LogP contribution in [0.3, 0.4) is 0 Å². The van der Waals surface area contributed by atoms with Crippen molar-refractivity contribution in [3.05, 3.63) is 53.5 Å². The molecular weight excluding hydrogens is 480 g/mol. The van der Waals surface area contributed by atoms with Crippen LogP contribution in [0, 0.1) is 6.92 Å². The molecular formula is C25H36N6O2S2. The molecule has 2 aromatic rings. The highest BCUT2D eigenvalue weighted by Gasteiger charge is 2.35. The SMILES string of the molecule is CN=C(/N=C(\C)c1cnn(CC(C)(C)O)c1)Nc1cc(C)cc(/C(=C/NC)SCC2(O)CCS2)c1. The minimum absolute atomic E-state index is 0.399. The molecule has 4 N–H and O–H groups in total. The third-order valence-corrected chi connectivity index (χ3v) is 8.06. The molecule has 1 saturated heterocycles. The number of thioether (sulfide) groups is 2. The highest BCUT2D eigenvalue weighted by molar-refractivity contribution is 8.10. The Balaban J connectivity index is 1.76. The number of aromatic nitrogens is 2. The van der Waals surface area contributed by atoms with E-state index in [1.165, 1.54) is 0 Å². The Morgan fingerprint density at radius 2 is 2.09 bits per heavy atom. The molecule has 190 valence electrons. The minimum Gasteiger partial charge on any atom is -0.393 e. The maximum absolute atomic E-state index is 10.5. The monoisotopic (exact) mass is 516 g/mol. The summed E-state index contributed by atoms with van der Waals surface area (Å²) in [5, 5.41) is 31.3. The predicted octanol–water partition coefficient (Wildman–Crippen LogP) is 3.95. The maximum atomic E-state index is 10.5. The van der Waals surface area contributed by atoms with Crippen molar-refractivity contribution in [2.45, 2.75) is 51.2 Å². The highest BCUT2D eigenvalue weighted by atomic mass is 32.2. The van der Waals surface area contributed by atoms with Gasteiger partial charge in [0.2, 0.25) is 5.96 Å². The van der Waals surface area contributed by atoms with E-state index in [0.717, 1.165) is 45.2 Å². The van der Waals surface area contributed by atoms with Crippen molar-refractivity contribution in [1.29, 1.82) is 0 Å². The Morgan fingerprint density at radius 3 is 2.69 bits per heavy atom. The summed E-state index contributed by atoms with van der Waals surface area (Å²) in [6, 6.07) is 6.25. The molecule has 2 heterocycles. The summed E-state index contributed by atoms with van der Waals surface area (Å²) in [4.78, 5) is 9.43. The molecule has 0 spiro atoms. The standard InChI is InChI=1S/C25H36N6O2S2/c1-17-9-19(22(13-26-5)34-16-25(33)7-8-35-25)11-21(10-17)30-23(27-6)29-18(2)20-12-28-31(14-20)15-24(3,4)32/h9-14,26,32-33H,7-8,15-16H2,1-6H3,(H,27,30)/b22-13-,29-18+. The van der Waals surface area contributed by atoms with Crippen molar-refractivity contribution in [1.82, 2.24) is 15.1 Å². The fourth-order valence-corrected chi connectivity index (χ4v) is 5.70. The van der Waals surface area contributed by atoms with E-state index in [9.17, 15) is 10.2 Å². The number of hydrogen-bond donors (Lipinski definition) is 4. The van der Waals surface area contributed by atoms with Crippen molar-refractivity contribution < 1.29 is 10.2 Å². The molecule has 1 atom stereocenters. The second kappa shape index (κ2) is 11.6. The Hall–Kier alpha value is -2.27. The van der Waals surface area contributed by atoms with Crippen LogP contribution in [0.1, 0.15) is 43.9 Å². The zero-order valence-corrected chi connectivity index (χ0v) is 22.9.